The Morgan fingerprint density at radius 2 is 2.15 bits per heavy atom. The maximum absolute atomic E-state index is 11.2. The fraction of sp³-hybridized carbons (Fsp3) is 0.714. The highest BCUT2D eigenvalue weighted by molar-refractivity contribution is 9.10. The molecule has 0 atom stereocenters. The van der Waals surface area contributed by atoms with Crippen LogP contribution in [0.5, 0.6) is 0 Å². The molecule has 0 aromatic rings. The van der Waals surface area contributed by atoms with Crippen LogP contribution < -0.4 is 0 Å². The van der Waals surface area contributed by atoms with Gasteiger partial charge in [-0.3, -0.25) is 4.79 Å². The lowest BCUT2D eigenvalue weighted by atomic mass is 10.0. The molecule has 1 amide bonds. The molecule has 13 heavy (non-hydrogen) atoms. The minimum atomic E-state index is -1.01. The van der Waals surface area contributed by atoms with E-state index in [1.807, 2.05) is 0 Å². The summed E-state index contributed by atoms with van der Waals surface area (Å²) in [5.41, 5.74) is 0. The van der Waals surface area contributed by atoms with Crippen molar-refractivity contribution in [1.82, 2.24) is 4.90 Å². The van der Waals surface area contributed by atoms with Crippen LogP contribution in [0.1, 0.15) is 6.92 Å². The summed E-state index contributed by atoms with van der Waals surface area (Å²) >= 11 is 3.16. The van der Waals surface area contributed by atoms with Crippen molar-refractivity contribution in [3.8, 4) is 0 Å². The molecule has 0 aromatic carbocycles. The average molecular weight is 252 g/mol. The largest absolute Gasteiger partial charge is 0.465 e. The Kier molecular flexibility index (Phi) is 2.80. The molecular weight excluding hydrogens is 242 g/mol. The predicted octanol–water partition coefficient (Wildman–Crippen LogP) is 0.677. The molecule has 1 aliphatic heterocycles. The van der Waals surface area contributed by atoms with Gasteiger partial charge in [0.15, 0.2) is 4.32 Å². The first kappa shape index (κ1) is 10.3. The molecule has 1 N–H and O–H groups in total. The minimum Gasteiger partial charge on any atom is -0.465 e. The first-order valence-electron chi connectivity index (χ1n) is 3.83. The number of alkyl halides is 1. The third kappa shape index (κ3) is 1.93. The molecule has 1 rings (SSSR count). The summed E-state index contributed by atoms with van der Waals surface area (Å²) in [6.07, 6.45) is -1.01. The van der Waals surface area contributed by atoms with Gasteiger partial charge in [-0.2, -0.15) is 0 Å². The third-order valence-corrected chi connectivity index (χ3v) is 2.62. The number of ether oxygens (including phenoxy) is 1. The molecule has 0 aliphatic carbocycles. The summed E-state index contributed by atoms with van der Waals surface area (Å²) in [6.45, 7) is 2.32. The van der Waals surface area contributed by atoms with Gasteiger partial charge < -0.3 is 14.7 Å². The maximum Gasteiger partial charge on any atom is 0.407 e. The summed E-state index contributed by atoms with van der Waals surface area (Å²) < 4.78 is 3.95. The lowest BCUT2D eigenvalue weighted by molar-refractivity contribution is -0.149. The van der Waals surface area contributed by atoms with E-state index in [1.54, 1.807) is 6.92 Å². The van der Waals surface area contributed by atoms with Gasteiger partial charge >= 0.3 is 12.1 Å². The predicted molar refractivity (Wildman–Crippen MR) is 47.9 cm³/mol. The molecule has 1 aliphatic rings. The zero-order valence-corrected chi connectivity index (χ0v) is 8.70. The van der Waals surface area contributed by atoms with Crippen molar-refractivity contribution in [2.45, 2.75) is 11.2 Å². The van der Waals surface area contributed by atoms with Gasteiger partial charge in [0.05, 0.1) is 19.7 Å². The van der Waals surface area contributed by atoms with Gasteiger partial charge in [0.1, 0.15) is 0 Å². The minimum absolute atomic E-state index is 0.154. The van der Waals surface area contributed by atoms with E-state index in [0.29, 0.717) is 6.61 Å². The van der Waals surface area contributed by atoms with Crippen molar-refractivity contribution in [2.24, 2.45) is 0 Å². The van der Waals surface area contributed by atoms with E-state index in [9.17, 15) is 9.59 Å². The number of carbonyl (C=O) groups is 2. The van der Waals surface area contributed by atoms with Gasteiger partial charge in [-0.15, -0.1) is 0 Å². The van der Waals surface area contributed by atoms with Gasteiger partial charge in [-0.25, -0.2) is 4.79 Å². The molecule has 0 unspecified atom stereocenters. The van der Waals surface area contributed by atoms with Crippen LogP contribution in [-0.2, 0) is 9.53 Å². The second-order valence-corrected chi connectivity index (χ2v) is 4.34. The Hall–Kier alpha value is -0.780. The van der Waals surface area contributed by atoms with Crippen molar-refractivity contribution in [3.05, 3.63) is 0 Å². The number of rotatable bonds is 2. The smallest absolute Gasteiger partial charge is 0.407 e. The van der Waals surface area contributed by atoms with E-state index in [4.69, 9.17) is 9.84 Å². The van der Waals surface area contributed by atoms with Crippen LogP contribution in [-0.4, -0.2) is 46.1 Å². The SMILES string of the molecule is CCOC(=O)C1(Br)CN(C(=O)O)C1. The van der Waals surface area contributed by atoms with Gasteiger partial charge in [0.25, 0.3) is 0 Å². The highest BCUT2D eigenvalue weighted by Crippen LogP contribution is 2.31. The third-order valence-electron chi connectivity index (χ3n) is 1.79. The number of halogens is 1. The topological polar surface area (TPSA) is 66.8 Å². The molecule has 1 heterocycles. The highest BCUT2D eigenvalue weighted by atomic mass is 79.9. The molecule has 1 saturated heterocycles. The summed E-state index contributed by atoms with van der Waals surface area (Å²) in [7, 11) is 0. The monoisotopic (exact) mass is 251 g/mol. The number of amides is 1. The zero-order valence-electron chi connectivity index (χ0n) is 7.12. The highest BCUT2D eigenvalue weighted by Gasteiger charge is 2.50. The Morgan fingerprint density at radius 3 is 2.54 bits per heavy atom. The second-order valence-electron chi connectivity index (χ2n) is 2.82. The number of esters is 1. The summed E-state index contributed by atoms with van der Waals surface area (Å²) in [6, 6.07) is 0. The van der Waals surface area contributed by atoms with Gasteiger partial charge in [-0.1, -0.05) is 15.9 Å². The Bertz CT molecular complexity index is 237. The number of carbonyl (C=O) groups excluding carboxylic acids is 1. The Balaban J connectivity index is 2.46. The van der Waals surface area contributed by atoms with Gasteiger partial charge in [-0.05, 0) is 6.92 Å². The van der Waals surface area contributed by atoms with Crippen molar-refractivity contribution in [2.75, 3.05) is 19.7 Å². The van der Waals surface area contributed by atoms with E-state index >= 15 is 0 Å². The molecule has 0 saturated carbocycles. The van der Waals surface area contributed by atoms with E-state index < -0.39 is 16.4 Å². The van der Waals surface area contributed by atoms with Crippen molar-refractivity contribution in [1.29, 1.82) is 0 Å². The number of hydrogen-bond donors (Lipinski definition) is 1. The molecule has 0 bridgehead atoms. The molecular formula is C7H10BrNO4. The van der Waals surface area contributed by atoms with Crippen molar-refractivity contribution < 1.29 is 19.4 Å². The van der Waals surface area contributed by atoms with Crippen LogP contribution in [0, 0.1) is 0 Å². The quantitative estimate of drug-likeness (QED) is 0.579. The van der Waals surface area contributed by atoms with Crippen LogP contribution in [0.25, 0.3) is 0 Å². The van der Waals surface area contributed by atoms with E-state index in [0.717, 1.165) is 4.90 Å². The van der Waals surface area contributed by atoms with E-state index in [1.165, 1.54) is 0 Å². The van der Waals surface area contributed by atoms with E-state index in [2.05, 4.69) is 15.9 Å². The van der Waals surface area contributed by atoms with Crippen molar-refractivity contribution in [3.63, 3.8) is 0 Å². The first-order valence-corrected chi connectivity index (χ1v) is 4.63. The Labute approximate surface area is 83.8 Å². The molecule has 0 aromatic heterocycles. The van der Waals surface area contributed by atoms with Gasteiger partial charge in [0, 0.05) is 0 Å². The fourth-order valence-electron chi connectivity index (χ4n) is 1.08. The zero-order chi connectivity index (χ0) is 10.1. The number of carboxylic acid groups (broad SMARTS) is 1. The number of nitrogens with zero attached hydrogens (tertiary/aromatic N) is 1. The van der Waals surface area contributed by atoms with Crippen LogP contribution >= 0.6 is 15.9 Å². The molecule has 1 fully saturated rings. The van der Waals surface area contributed by atoms with Crippen LogP contribution in [0.3, 0.4) is 0 Å². The number of hydrogen-bond acceptors (Lipinski definition) is 3. The normalized spacial score (nSPS) is 19.1. The van der Waals surface area contributed by atoms with Crippen LogP contribution in [0.2, 0.25) is 0 Å². The molecule has 0 radical (unpaired) electrons. The first-order chi connectivity index (χ1) is 5.99. The van der Waals surface area contributed by atoms with Gasteiger partial charge in [0.2, 0.25) is 0 Å². The second kappa shape index (κ2) is 3.53. The summed E-state index contributed by atoms with van der Waals surface area (Å²) in [5.74, 6) is -0.396. The van der Waals surface area contributed by atoms with Crippen LogP contribution in [0.15, 0.2) is 0 Å². The van der Waals surface area contributed by atoms with Crippen molar-refractivity contribution >= 4 is 28.0 Å². The van der Waals surface area contributed by atoms with E-state index in [-0.39, 0.29) is 13.1 Å². The van der Waals surface area contributed by atoms with Crippen LogP contribution in [0.4, 0.5) is 4.79 Å². The summed E-state index contributed by atoms with van der Waals surface area (Å²) in [5, 5.41) is 8.53. The molecule has 6 heteroatoms. The molecule has 0 spiro atoms. The molecule has 5 nitrogen and oxygen atoms in total. The lowest BCUT2D eigenvalue weighted by Crippen LogP contribution is -2.63. The lowest BCUT2D eigenvalue weighted by Gasteiger charge is -2.42. The maximum atomic E-state index is 11.2. The fourth-order valence-corrected chi connectivity index (χ4v) is 1.80. The number of likely N-dealkylation sites (tertiary alicyclic amines) is 1. The standard InChI is InChI=1S/C7H10BrNO4/c1-2-13-5(10)7(8)3-9(4-7)6(11)12/h2-4H2,1H3,(H,11,12). The average Bonchev–Trinajstić information content (AvgIpc) is 1.98. The molecule has 74 valence electrons. The Morgan fingerprint density at radius 1 is 1.62 bits per heavy atom. The summed E-state index contributed by atoms with van der Waals surface area (Å²) in [4.78, 5) is 22.8.